The first-order valence-electron chi connectivity index (χ1n) is 11.4. The van der Waals surface area contributed by atoms with Crippen LogP contribution in [0.15, 0.2) is 46.0 Å². The molecule has 2 rings (SSSR count). The number of aliphatic carboxylic acids is 1. The number of sulfonamides is 1. The zero-order valence-corrected chi connectivity index (χ0v) is 20.4. The molecule has 6 nitrogen and oxygen atoms in total. The topological polar surface area (TPSA) is 94.9 Å². The van der Waals surface area contributed by atoms with Gasteiger partial charge in [0.15, 0.2) is 0 Å². The smallest absolute Gasteiger partial charge is 0.303 e. The van der Waals surface area contributed by atoms with Gasteiger partial charge in [0.25, 0.3) is 10.0 Å². The summed E-state index contributed by atoms with van der Waals surface area (Å²) in [5, 5.41) is 20.8. The lowest BCUT2D eigenvalue weighted by molar-refractivity contribution is -0.137. The molecule has 0 aliphatic carbocycles. The van der Waals surface area contributed by atoms with Gasteiger partial charge in [-0.3, -0.25) is 4.79 Å². The molecule has 0 saturated heterocycles. The molecule has 0 fully saturated rings. The molecule has 0 saturated carbocycles. The fourth-order valence-corrected chi connectivity index (χ4v) is 6.15. The van der Waals surface area contributed by atoms with Crippen molar-refractivity contribution < 1.29 is 23.4 Å². The number of unbranched alkanes of at least 4 members (excludes halogenated alkanes) is 5. The molecule has 178 valence electrons. The van der Waals surface area contributed by atoms with Crippen molar-refractivity contribution in [1.82, 2.24) is 4.31 Å². The molecule has 0 amide bonds. The van der Waals surface area contributed by atoms with Crippen LogP contribution in [0.25, 0.3) is 0 Å². The Kier molecular flexibility index (Phi) is 11.4. The molecular weight excluding hydrogens is 446 g/mol. The maximum atomic E-state index is 13.1. The van der Waals surface area contributed by atoms with E-state index >= 15 is 0 Å². The van der Waals surface area contributed by atoms with Crippen LogP contribution in [-0.4, -0.2) is 35.5 Å². The molecular formula is C24H35NO5S2. The fourth-order valence-electron chi connectivity index (χ4n) is 3.54. The molecule has 1 heterocycles. The fraction of sp³-hybridized carbons (Fsp3) is 0.542. The zero-order valence-electron chi connectivity index (χ0n) is 18.8. The van der Waals surface area contributed by atoms with Crippen molar-refractivity contribution in [3.63, 3.8) is 0 Å². The Labute approximate surface area is 196 Å². The molecule has 1 unspecified atom stereocenters. The number of hydrogen-bond acceptors (Lipinski definition) is 5. The summed E-state index contributed by atoms with van der Waals surface area (Å²) in [6, 6.07) is 10.9. The molecule has 1 aromatic carbocycles. The summed E-state index contributed by atoms with van der Waals surface area (Å²) in [6.45, 7) is 2.78. The first-order chi connectivity index (χ1) is 15.3. The third kappa shape index (κ3) is 8.65. The van der Waals surface area contributed by atoms with E-state index in [0.717, 1.165) is 49.7 Å². The second-order valence-electron chi connectivity index (χ2n) is 8.08. The average molecular weight is 482 g/mol. The van der Waals surface area contributed by atoms with E-state index in [1.54, 1.807) is 17.5 Å². The normalized spacial score (nSPS) is 12.8. The number of benzene rings is 1. The van der Waals surface area contributed by atoms with Gasteiger partial charge in [-0.25, -0.2) is 8.42 Å². The minimum absolute atomic E-state index is 0.147. The van der Waals surface area contributed by atoms with Crippen LogP contribution in [0.1, 0.15) is 81.9 Å². The Morgan fingerprint density at radius 3 is 2.38 bits per heavy atom. The molecule has 0 aliphatic rings. The molecule has 1 atom stereocenters. The van der Waals surface area contributed by atoms with E-state index in [4.69, 9.17) is 5.11 Å². The van der Waals surface area contributed by atoms with Crippen molar-refractivity contribution >= 4 is 27.3 Å². The Bertz CT molecular complexity index is 895. The maximum absolute atomic E-state index is 13.1. The van der Waals surface area contributed by atoms with Crippen molar-refractivity contribution in [2.45, 2.75) is 81.6 Å². The second kappa shape index (κ2) is 13.7. The van der Waals surface area contributed by atoms with Gasteiger partial charge in [-0.2, -0.15) is 4.31 Å². The lowest BCUT2D eigenvalue weighted by Gasteiger charge is -2.22. The number of carboxylic acid groups (broad SMARTS) is 1. The zero-order chi connectivity index (χ0) is 23.4. The predicted molar refractivity (Wildman–Crippen MR) is 128 cm³/mol. The number of aliphatic hydroxyl groups is 1. The monoisotopic (exact) mass is 481 g/mol. The number of nitrogens with zero attached hydrogens (tertiary/aromatic N) is 1. The highest BCUT2D eigenvalue weighted by molar-refractivity contribution is 7.91. The molecule has 0 radical (unpaired) electrons. The van der Waals surface area contributed by atoms with Gasteiger partial charge in [-0.15, -0.1) is 11.3 Å². The van der Waals surface area contributed by atoms with Gasteiger partial charge in [0, 0.05) is 19.5 Å². The molecule has 0 aliphatic heterocycles. The third-order valence-corrected chi connectivity index (χ3v) is 8.66. The van der Waals surface area contributed by atoms with Crippen molar-refractivity contribution in [2.75, 3.05) is 6.54 Å². The summed E-state index contributed by atoms with van der Waals surface area (Å²) < 4.78 is 28.1. The van der Waals surface area contributed by atoms with E-state index in [1.165, 1.54) is 15.6 Å². The van der Waals surface area contributed by atoms with Crippen LogP contribution in [0.4, 0.5) is 0 Å². The summed E-state index contributed by atoms with van der Waals surface area (Å²) in [6.07, 6.45) is 6.41. The van der Waals surface area contributed by atoms with Crippen molar-refractivity contribution in [2.24, 2.45) is 0 Å². The highest BCUT2D eigenvalue weighted by Crippen LogP contribution is 2.25. The van der Waals surface area contributed by atoms with Crippen molar-refractivity contribution in [1.29, 1.82) is 0 Å². The van der Waals surface area contributed by atoms with Gasteiger partial charge < -0.3 is 10.2 Å². The summed E-state index contributed by atoms with van der Waals surface area (Å²) in [4.78, 5) is 10.6. The van der Waals surface area contributed by atoms with Crippen molar-refractivity contribution in [3.05, 3.63) is 52.9 Å². The number of thiophene rings is 1. The predicted octanol–water partition coefficient (Wildman–Crippen LogP) is 5.59. The summed E-state index contributed by atoms with van der Waals surface area (Å²) in [5.74, 6) is -0.800. The van der Waals surface area contributed by atoms with Crippen LogP contribution in [0.2, 0.25) is 0 Å². The molecule has 8 heteroatoms. The van der Waals surface area contributed by atoms with Gasteiger partial charge in [-0.1, -0.05) is 69.4 Å². The van der Waals surface area contributed by atoms with Gasteiger partial charge in [0.05, 0.1) is 6.10 Å². The Morgan fingerprint density at radius 1 is 1.03 bits per heavy atom. The first-order valence-corrected chi connectivity index (χ1v) is 13.7. The van der Waals surface area contributed by atoms with Crippen LogP contribution in [-0.2, 0) is 21.4 Å². The number of aliphatic hydroxyl groups excluding tert-OH is 1. The SMILES string of the molecule is CCCCCC(O)c1ccc(CN(CCCCCCC(=O)O)S(=O)(=O)c2cccs2)cc1. The van der Waals surface area contributed by atoms with E-state index in [9.17, 15) is 18.3 Å². The molecule has 0 spiro atoms. The molecule has 32 heavy (non-hydrogen) atoms. The third-order valence-electron chi connectivity index (χ3n) is 5.44. The summed E-state index contributed by atoms with van der Waals surface area (Å²) in [5.41, 5.74) is 1.73. The van der Waals surface area contributed by atoms with Crippen LogP contribution in [0.5, 0.6) is 0 Å². The largest absolute Gasteiger partial charge is 0.481 e. The van der Waals surface area contributed by atoms with Crippen molar-refractivity contribution in [3.8, 4) is 0 Å². The first kappa shape index (κ1) is 26.5. The molecule has 0 bridgehead atoms. The lowest BCUT2D eigenvalue weighted by Crippen LogP contribution is -2.31. The highest BCUT2D eigenvalue weighted by atomic mass is 32.2. The second-order valence-corrected chi connectivity index (χ2v) is 11.2. The number of carbonyl (C=O) groups is 1. The van der Waals surface area contributed by atoms with Crippen LogP contribution < -0.4 is 0 Å². The van der Waals surface area contributed by atoms with Crippen LogP contribution in [0.3, 0.4) is 0 Å². The highest BCUT2D eigenvalue weighted by Gasteiger charge is 2.25. The molecule has 1 aromatic heterocycles. The lowest BCUT2D eigenvalue weighted by atomic mass is 10.0. The van der Waals surface area contributed by atoms with E-state index < -0.39 is 22.1 Å². The van der Waals surface area contributed by atoms with Gasteiger partial charge >= 0.3 is 5.97 Å². The van der Waals surface area contributed by atoms with E-state index in [1.807, 2.05) is 24.3 Å². The van der Waals surface area contributed by atoms with Crippen LogP contribution >= 0.6 is 11.3 Å². The quantitative estimate of drug-likeness (QED) is 0.305. The maximum Gasteiger partial charge on any atom is 0.303 e. The van der Waals surface area contributed by atoms with Gasteiger partial charge in [0.2, 0.25) is 0 Å². The number of hydrogen-bond donors (Lipinski definition) is 2. The summed E-state index contributed by atoms with van der Waals surface area (Å²) in [7, 11) is -3.60. The Balaban J connectivity index is 2.02. The van der Waals surface area contributed by atoms with E-state index in [-0.39, 0.29) is 13.0 Å². The van der Waals surface area contributed by atoms with Gasteiger partial charge in [0.1, 0.15) is 4.21 Å². The van der Waals surface area contributed by atoms with E-state index in [2.05, 4.69) is 6.92 Å². The standard InChI is InChI=1S/C24H35NO5S2/c1-2-3-6-10-22(26)21-15-13-20(14-16-21)19-25(17-8-5-4-7-11-23(27)28)32(29,30)24-12-9-18-31-24/h9,12-16,18,22,26H,2-8,10-11,17,19H2,1H3,(H,27,28). The number of carboxylic acids is 1. The van der Waals surface area contributed by atoms with Crippen LogP contribution in [0, 0.1) is 0 Å². The van der Waals surface area contributed by atoms with E-state index in [0.29, 0.717) is 23.6 Å². The van der Waals surface area contributed by atoms with Gasteiger partial charge in [-0.05, 0) is 41.8 Å². The minimum Gasteiger partial charge on any atom is -0.481 e. The summed E-state index contributed by atoms with van der Waals surface area (Å²) >= 11 is 1.21. The molecule has 2 N–H and O–H groups in total. The Morgan fingerprint density at radius 2 is 1.75 bits per heavy atom. The molecule has 2 aromatic rings. The number of rotatable bonds is 16. The Hall–Kier alpha value is -1.74. The minimum atomic E-state index is -3.60. The average Bonchev–Trinajstić information content (AvgIpc) is 3.31.